The number of aryl methyl sites for hydroxylation is 1. The Bertz CT molecular complexity index is 319. The van der Waals surface area contributed by atoms with E-state index in [1.807, 2.05) is 12.4 Å². The van der Waals surface area contributed by atoms with Gasteiger partial charge in [-0.15, -0.1) is 0 Å². The fourth-order valence-corrected chi connectivity index (χ4v) is 2.52. The standard InChI is InChI=1S/C15H29N3/c1-5-8-9-13(7-3)14(16-10-6-2)15-17-11-12-18(15)4/h11-14,16H,5-10H2,1-4H3. The summed E-state index contributed by atoms with van der Waals surface area (Å²) >= 11 is 0. The van der Waals surface area contributed by atoms with Crippen LogP contribution < -0.4 is 5.32 Å². The predicted octanol–water partition coefficient (Wildman–Crippen LogP) is 3.68. The minimum absolute atomic E-state index is 0.404. The largest absolute Gasteiger partial charge is 0.337 e. The number of hydrogen-bond acceptors (Lipinski definition) is 2. The van der Waals surface area contributed by atoms with Gasteiger partial charge < -0.3 is 9.88 Å². The molecule has 1 heterocycles. The topological polar surface area (TPSA) is 29.9 Å². The van der Waals surface area contributed by atoms with Crippen LogP contribution in [0.2, 0.25) is 0 Å². The molecule has 0 saturated heterocycles. The van der Waals surface area contributed by atoms with Crippen LogP contribution in [0, 0.1) is 5.92 Å². The zero-order valence-corrected chi connectivity index (χ0v) is 12.4. The maximum absolute atomic E-state index is 4.55. The number of aromatic nitrogens is 2. The van der Waals surface area contributed by atoms with Gasteiger partial charge in [-0.25, -0.2) is 4.98 Å². The van der Waals surface area contributed by atoms with Crippen LogP contribution in [0.25, 0.3) is 0 Å². The molecule has 1 aromatic rings. The quantitative estimate of drug-likeness (QED) is 0.725. The Morgan fingerprint density at radius 1 is 1.28 bits per heavy atom. The van der Waals surface area contributed by atoms with E-state index in [2.05, 4.69) is 42.7 Å². The highest BCUT2D eigenvalue weighted by molar-refractivity contribution is 5.01. The van der Waals surface area contributed by atoms with Crippen LogP contribution >= 0.6 is 0 Å². The Kier molecular flexibility index (Phi) is 7.02. The molecular formula is C15H29N3. The van der Waals surface area contributed by atoms with Gasteiger partial charge >= 0.3 is 0 Å². The maximum atomic E-state index is 4.55. The van der Waals surface area contributed by atoms with Crippen molar-refractivity contribution < 1.29 is 0 Å². The fraction of sp³-hybridized carbons (Fsp3) is 0.800. The van der Waals surface area contributed by atoms with Gasteiger partial charge in [0.25, 0.3) is 0 Å². The summed E-state index contributed by atoms with van der Waals surface area (Å²) in [7, 11) is 2.09. The number of nitrogens with one attached hydrogen (secondary N) is 1. The second kappa shape index (κ2) is 8.30. The van der Waals surface area contributed by atoms with Crippen molar-refractivity contribution in [2.45, 2.75) is 58.9 Å². The number of nitrogens with zero attached hydrogens (tertiary/aromatic N) is 2. The molecule has 3 heteroatoms. The van der Waals surface area contributed by atoms with Crippen molar-refractivity contribution in [1.82, 2.24) is 14.9 Å². The molecule has 1 aromatic heterocycles. The van der Waals surface area contributed by atoms with Gasteiger partial charge in [-0.05, 0) is 25.3 Å². The van der Waals surface area contributed by atoms with Crippen LogP contribution in [0.15, 0.2) is 12.4 Å². The first-order valence-electron chi connectivity index (χ1n) is 7.45. The van der Waals surface area contributed by atoms with Crippen molar-refractivity contribution in [2.24, 2.45) is 13.0 Å². The highest BCUT2D eigenvalue weighted by Gasteiger charge is 2.23. The second-order valence-corrected chi connectivity index (χ2v) is 5.14. The average molecular weight is 251 g/mol. The lowest BCUT2D eigenvalue weighted by Crippen LogP contribution is -2.31. The highest BCUT2D eigenvalue weighted by atomic mass is 15.1. The molecule has 2 unspecified atom stereocenters. The van der Waals surface area contributed by atoms with E-state index in [0.717, 1.165) is 6.54 Å². The van der Waals surface area contributed by atoms with E-state index in [9.17, 15) is 0 Å². The summed E-state index contributed by atoms with van der Waals surface area (Å²) in [5, 5.41) is 3.69. The van der Waals surface area contributed by atoms with Crippen molar-refractivity contribution in [2.75, 3.05) is 6.54 Å². The zero-order chi connectivity index (χ0) is 13.4. The molecule has 3 nitrogen and oxygen atoms in total. The van der Waals surface area contributed by atoms with E-state index >= 15 is 0 Å². The third-order valence-corrected chi connectivity index (χ3v) is 3.68. The van der Waals surface area contributed by atoms with Crippen LogP contribution in [-0.2, 0) is 7.05 Å². The fourth-order valence-electron chi connectivity index (χ4n) is 2.52. The minimum atomic E-state index is 0.404. The number of hydrogen-bond donors (Lipinski definition) is 1. The van der Waals surface area contributed by atoms with Crippen molar-refractivity contribution in [3.8, 4) is 0 Å². The van der Waals surface area contributed by atoms with E-state index in [-0.39, 0.29) is 0 Å². The Morgan fingerprint density at radius 2 is 2.06 bits per heavy atom. The second-order valence-electron chi connectivity index (χ2n) is 5.14. The van der Waals surface area contributed by atoms with Crippen molar-refractivity contribution in [3.05, 3.63) is 18.2 Å². The van der Waals surface area contributed by atoms with Gasteiger partial charge in [0.05, 0.1) is 6.04 Å². The molecule has 0 aliphatic rings. The molecule has 18 heavy (non-hydrogen) atoms. The van der Waals surface area contributed by atoms with Crippen molar-refractivity contribution >= 4 is 0 Å². The van der Waals surface area contributed by atoms with Crippen molar-refractivity contribution in [3.63, 3.8) is 0 Å². The smallest absolute Gasteiger partial charge is 0.125 e. The van der Waals surface area contributed by atoms with Gasteiger partial charge in [-0.1, -0.05) is 40.0 Å². The van der Waals surface area contributed by atoms with Crippen LogP contribution in [0.1, 0.15) is 64.7 Å². The van der Waals surface area contributed by atoms with Gasteiger partial charge in [-0.3, -0.25) is 0 Å². The van der Waals surface area contributed by atoms with Gasteiger partial charge in [0, 0.05) is 19.4 Å². The molecule has 0 saturated carbocycles. The highest BCUT2D eigenvalue weighted by Crippen LogP contribution is 2.27. The summed E-state index contributed by atoms with van der Waals surface area (Å²) in [6.07, 6.45) is 10.2. The molecule has 0 aliphatic carbocycles. The maximum Gasteiger partial charge on any atom is 0.125 e. The van der Waals surface area contributed by atoms with Crippen LogP contribution in [-0.4, -0.2) is 16.1 Å². The Balaban J connectivity index is 2.78. The molecule has 0 spiro atoms. The molecule has 0 amide bonds. The molecule has 0 fully saturated rings. The number of unbranched alkanes of at least 4 members (excludes halogenated alkanes) is 1. The molecule has 0 bridgehead atoms. The van der Waals surface area contributed by atoms with E-state index in [1.54, 1.807) is 0 Å². The Labute approximate surface area is 112 Å². The lowest BCUT2D eigenvalue weighted by atomic mass is 9.90. The van der Waals surface area contributed by atoms with E-state index in [1.165, 1.54) is 37.9 Å². The number of rotatable bonds is 9. The molecule has 1 N–H and O–H groups in total. The first kappa shape index (κ1) is 15.2. The molecular weight excluding hydrogens is 222 g/mol. The monoisotopic (exact) mass is 251 g/mol. The summed E-state index contributed by atoms with van der Waals surface area (Å²) in [5.74, 6) is 1.88. The van der Waals surface area contributed by atoms with Gasteiger partial charge in [-0.2, -0.15) is 0 Å². The molecule has 0 radical (unpaired) electrons. The normalized spacial score (nSPS) is 14.7. The molecule has 104 valence electrons. The van der Waals surface area contributed by atoms with Gasteiger partial charge in [0.15, 0.2) is 0 Å². The summed E-state index contributed by atoms with van der Waals surface area (Å²) in [6, 6.07) is 0.404. The lowest BCUT2D eigenvalue weighted by Gasteiger charge is -2.27. The first-order valence-corrected chi connectivity index (χ1v) is 7.45. The number of imidazole rings is 1. The zero-order valence-electron chi connectivity index (χ0n) is 12.4. The molecule has 1 rings (SSSR count). The lowest BCUT2D eigenvalue weighted by molar-refractivity contribution is 0.307. The third kappa shape index (κ3) is 4.13. The van der Waals surface area contributed by atoms with Crippen LogP contribution in [0.5, 0.6) is 0 Å². The summed E-state index contributed by atoms with van der Waals surface area (Å²) in [4.78, 5) is 4.55. The van der Waals surface area contributed by atoms with Gasteiger partial charge in [0.1, 0.15) is 5.82 Å². The van der Waals surface area contributed by atoms with Gasteiger partial charge in [0.2, 0.25) is 0 Å². The minimum Gasteiger partial charge on any atom is -0.337 e. The Morgan fingerprint density at radius 3 is 2.56 bits per heavy atom. The van der Waals surface area contributed by atoms with E-state index in [4.69, 9.17) is 0 Å². The predicted molar refractivity (Wildman–Crippen MR) is 77.5 cm³/mol. The van der Waals surface area contributed by atoms with E-state index < -0.39 is 0 Å². The molecule has 0 aromatic carbocycles. The van der Waals surface area contributed by atoms with Crippen LogP contribution in [0.3, 0.4) is 0 Å². The van der Waals surface area contributed by atoms with Crippen LogP contribution in [0.4, 0.5) is 0 Å². The summed E-state index contributed by atoms with van der Waals surface area (Å²) < 4.78 is 2.15. The summed E-state index contributed by atoms with van der Waals surface area (Å²) in [5.41, 5.74) is 0. The van der Waals surface area contributed by atoms with E-state index in [0.29, 0.717) is 12.0 Å². The molecule has 0 aliphatic heterocycles. The SMILES string of the molecule is CCCCC(CC)C(NCCC)c1nccn1C. The Hall–Kier alpha value is -0.830. The first-order chi connectivity index (χ1) is 8.74. The summed E-state index contributed by atoms with van der Waals surface area (Å²) in [6.45, 7) is 7.85. The average Bonchev–Trinajstić information content (AvgIpc) is 2.79. The molecule has 2 atom stereocenters. The third-order valence-electron chi connectivity index (χ3n) is 3.68. The van der Waals surface area contributed by atoms with Crippen molar-refractivity contribution in [1.29, 1.82) is 0 Å².